The highest BCUT2D eigenvalue weighted by molar-refractivity contribution is 7.13. The zero-order valence-electron chi connectivity index (χ0n) is 13.1. The number of carbonyl (C=O) groups is 1. The lowest BCUT2D eigenvalue weighted by molar-refractivity contribution is -0.117. The van der Waals surface area contributed by atoms with E-state index in [1.54, 1.807) is 36.2 Å². The van der Waals surface area contributed by atoms with Crippen LogP contribution in [0.2, 0.25) is 0 Å². The molecule has 1 heterocycles. The highest BCUT2D eigenvalue weighted by atomic mass is 32.1. The molecule has 0 atom stereocenters. The smallest absolute Gasteiger partial charge is 0.232 e. The standard InChI is InChI=1S/C18H17N3O2S/c1-21(13-6-8-14(22)9-7-13)17(23)10-12-11-24-18(20-12)15-4-2-3-5-16(15)19/h2-9,11,22H,10,19H2,1H3. The van der Waals surface area contributed by atoms with E-state index >= 15 is 0 Å². The Kier molecular flexibility index (Phi) is 4.48. The number of thiazole rings is 1. The lowest BCUT2D eigenvalue weighted by Gasteiger charge is -2.16. The Bertz CT molecular complexity index is 859. The Hall–Kier alpha value is -2.86. The van der Waals surface area contributed by atoms with Gasteiger partial charge in [0.05, 0.1) is 12.1 Å². The second-order valence-electron chi connectivity index (χ2n) is 5.38. The average molecular weight is 339 g/mol. The van der Waals surface area contributed by atoms with E-state index in [1.807, 2.05) is 29.6 Å². The predicted octanol–water partition coefficient (Wildman–Crippen LogP) is 3.30. The fourth-order valence-electron chi connectivity index (χ4n) is 2.30. The van der Waals surface area contributed by atoms with Crippen molar-refractivity contribution in [3.8, 4) is 16.3 Å². The van der Waals surface area contributed by atoms with E-state index in [4.69, 9.17) is 5.73 Å². The predicted molar refractivity (Wildman–Crippen MR) is 97.2 cm³/mol. The summed E-state index contributed by atoms with van der Waals surface area (Å²) < 4.78 is 0. The number of hydrogen-bond donors (Lipinski definition) is 2. The molecule has 0 aliphatic heterocycles. The largest absolute Gasteiger partial charge is 0.508 e. The minimum atomic E-state index is -0.0708. The Morgan fingerprint density at radius 2 is 1.92 bits per heavy atom. The minimum absolute atomic E-state index is 0.0708. The van der Waals surface area contributed by atoms with Gasteiger partial charge in [0, 0.05) is 29.4 Å². The third kappa shape index (κ3) is 3.38. The van der Waals surface area contributed by atoms with Crippen molar-refractivity contribution >= 4 is 28.6 Å². The summed E-state index contributed by atoms with van der Waals surface area (Å²) in [6, 6.07) is 14.0. The summed E-state index contributed by atoms with van der Waals surface area (Å²) in [5, 5.41) is 12.0. The van der Waals surface area contributed by atoms with Gasteiger partial charge in [0.15, 0.2) is 0 Å². The number of phenols is 1. The quantitative estimate of drug-likeness (QED) is 0.715. The number of phenolic OH excluding ortho intramolecular Hbond substituents is 1. The number of nitrogen functional groups attached to an aromatic ring is 1. The van der Waals surface area contributed by atoms with Crippen LogP contribution in [0.1, 0.15) is 5.69 Å². The van der Waals surface area contributed by atoms with Gasteiger partial charge in [0.1, 0.15) is 10.8 Å². The Balaban J connectivity index is 1.73. The van der Waals surface area contributed by atoms with Gasteiger partial charge in [-0.05, 0) is 36.4 Å². The van der Waals surface area contributed by atoms with Crippen molar-refractivity contribution in [1.29, 1.82) is 0 Å². The van der Waals surface area contributed by atoms with Gasteiger partial charge in [0.25, 0.3) is 0 Å². The summed E-state index contributed by atoms with van der Waals surface area (Å²) in [6.45, 7) is 0. The molecule has 0 bridgehead atoms. The number of aromatic nitrogens is 1. The molecule has 1 aromatic heterocycles. The van der Waals surface area contributed by atoms with E-state index in [2.05, 4.69) is 4.98 Å². The van der Waals surface area contributed by atoms with Crippen LogP contribution >= 0.6 is 11.3 Å². The molecular formula is C18H17N3O2S. The summed E-state index contributed by atoms with van der Waals surface area (Å²) in [6.07, 6.45) is 0.209. The van der Waals surface area contributed by atoms with Crippen molar-refractivity contribution in [2.75, 3.05) is 17.7 Å². The molecule has 122 valence electrons. The molecule has 6 heteroatoms. The van der Waals surface area contributed by atoms with Crippen molar-refractivity contribution in [2.24, 2.45) is 0 Å². The third-order valence-corrected chi connectivity index (χ3v) is 4.61. The maximum absolute atomic E-state index is 12.4. The number of likely N-dealkylation sites (N-methyl/N-ethyl adjacent to an activating group) is 1. The van der Waals surface area contributed by atoms with Crippen molar-refractivity contribution in [3.63, 3.8) is 0 Å². The first-order valence-electron chi connectivity index (χ1n) is 7.39. The third-order valence-electron chi connectivity index (χ3n) is 3.69. The van der Waals surface area contributed by atoms with Crippen LogP contribution in [0.25, 0.3) is 10.6 Å². The summed E-state index contributed by atoms with van der Waals surface area (Å²) in [5.41, 5.74) is 8.96. The number of para-hydroxylation sites is 1. The van der Waals surface area contributed by atoms with Crippen LogP contribution in [0.4, 0.5) is 11.4 Å². The fourth-order valence-corrected chi connectivity index (χ4v) is 3.16. The molecule has 3 N–H and O–H groups in total. The average Bonchev–Trinajstić information content (AvgIpc) is 3.03. The van der Waals surface area contributed by atoms with E-state index < -0.39 is 0 Å². The van der Waals surface area contributed by atoms with E-state index in [-0.39, 0.29) is 18.1 Å². The normalized spacial score (nSPS) is 10.5. The van der Waals surface area contributed by atoms with Crippen LogP contribution in [-0.2, 0) is 11.2 Å². The van der Waals surface area contributed by atoms with Gasteiger partial charge in [-0.15, -0.1) is 11.3 Å². The first-order valence-corrected chi connectivity index (χ1v) is 8.27. The van der Waals surface area contributed by atoms with E-state index in [1.165, 1.54) is 11.3 Å². The molecule has 0 unspecified atom stereocenters. The lowest BCUT2D eigenvalue weighted by Crippen LogP contribution is -2.27. The number of anilines is 2. The second kappa shape index (κ2) is 6.72. The number of carbonyl (C=O) groups excluding carboxylic acids is 1. The van der Waals surface area contributed by atoms with Crippen LogP contribution in [0.15, 0.2) is 53.9 Å². The summed E-state index contributed by atoms with van der Waals surface area (Å²) in [5.74, 6) is 0.0998. The molecular weight excluding hydrogens is 322 g/mol. The Morgan fingerprint density at radius 3 is 2.62 bits per heavy atom. The number of rotatable bonds is 4. The fraction of sp³-hybridized carbons (Fsp3) is 0.111. The first kappa shape index (κ1) is 16.0. The van der Waals surface area contributed by atoms with Gasteiger partial charge in [-0.25, -0.2) is 4.98 Å². The zero-order chi connectivity index (χ0) is 17.1. The molecule has 3 aromatic rings. The highest BCUT2D eigenvalue weighted by Gasteiger charge is 2.15. The van der Waals surface area contributed by atoms with Crippen LogP contribution in [0, 0.1) is 0 Å². The van der Waals surface area contributed by atoms with Crippen LogP contribution in [0.3, 0.4) is 0 Å². The molecule has 0 aliphatic rings. The Labute approximate surface area is 144 Å². The van der Waals surface area contributed by atoms with Crippen molar-refractivity contribution < 1.29 is 9.90 Å². The Morgan fingerprint density at radius 1 is 1.21 bits per heavy atom. The van der Waals surface area contributed by atoms with Gasteiger partial charge < -0.3 is 15.7 Å². The molecule has 0 aliphatic carbocycles. The van der Waals surface area contributed by atoms with E-state index in [0.29, 0.717) is 11.4 Å². The van der Waals surface area contributed by atoms with Crippen molar-refractivity contribution in [1.82, 2.24) is 4.98 Å². The molecule has 0 radical (unpaired) electrons. The van der Waals surface area contributed by atoms with Gasteiger partial charge in [-0.2, -0.15) is 0 Å². The van der Waals surface area contributed by atoms with E-state index in [9.17, 15) is 9.90 Å². The van der Waals surface area contributed by atoms with Gasteiger partial charge in [-0.3, -0.25) is 4.79 Å². The maximum Gasteiger partial charge on any atom is 0.232 e. The van der Waals surface area contributed by atoms with Crippen LogP contribution in [-0.4, -0.2) is 23.0 Å². The molecule has 0 spiro atoms. The molecule has 5 nitrogen and oxygen atoms in total. The molecule has 0 saturated carbocycles. The number of hydrogen-bond acceptors (Lipinski definition) is 5. The van der Waals surface area contributed by atoms with Gasteiger partial charge in [0.2, 0.25) is 5.91 Å². The highest BCUT2D eigenvalue weighted by Crippen LogP contribution is 2.29. The number of nitrogens with two attached hydrogens (primary N) is 1. The SMILES string of the molecule is CN(C(=O)Cc1csc(-c2ccccc2N)n1)c1ccc(O)cc1. The maximum atomic E-state index is 12.4. The summed E-state index contributed by atoms with van der Waals surface area (Å²) in [7, 11) is 1.71. The molecule has 24 heavy (non-hydrogen) atoms. The van der Waals surface area contributed by atoms with Crippen molar-refractivity contribution in [3.05, 3.63) is 59.6 Å². The minimum Gasteiger partial charge on any atom is -0.508 e. The summed E-state index contributed by atoms with van der Waals surface area (Å²) in [4.78, 5) is 18.5. The number of amides is 1. The molecule has 0 saturated heterocycles. The van der Waals surface area contributed by atoms with E-state index in [0.717, 1.165) is 16.3 Å². The topological polar surface area (TPSA) is 79.5 Å². The van der Waals surface area contributed by atoms with Crippen LogP contribution in [0.5, 0.6) is 5.75 Å². The molecule has 0 fully saturated rings. The first-order chi connectivity index (χ1) is 11.5. The lowest BCUT2D eigenvalue weighted by atomic mass is 10.2. The van der Waals surface area contributed by atoms with Crippen LogP contribution < -0.4 is 10.6 Å². The molecule has 1 amide bonds. The number of benzene rings is 2. The molecule has 2 aromatic carbocycles. The zero-order valence-corrected chi connectivity index (χ0v) is 14.0. The monoisotopic (exact) mass is 339 g/mol. The molecule has 3 rings (SSSR count). The number of nitrogens with zero attached hydrogens (tertiary/aromatic N) is 2. The second-order valence-corrected chi connectivity index (χ2v) is 6.24. The summed E-state index contributed by atoms with van der Waals surface area (Å²) >= 11 is 1.47. The van der Waals surface area contributed by atoms with Gasteiger partial charge in [-0.1, -0.05) is 12.1 Å². The van der Waals surface area contributed by atoms with Crippen molar-refractivity contribution in [2.45, 2.75) is 6.42 Å². The van der Waals surface area contributed by atoms with Gasteiger partial charge >= 0.3 is 0 Å². The number of aromatic hydroxyl groups is 1.